The van der Waals surface area contributed by atoms with Crippen molar-refractivity contribution in [2.24, 2.45) is 0 Å². The fourth-order valence-electron chi connectivity index (χ4n) is 3.95. The zero-order valence-electron chi connectivity index (χ0n) is 20.0. The molecule has 0 atom stereocenters. The van der Waals surface area contributed by atoms with Crippen molar-refractivity contribution in [1.82, 2.24) is 25.3 Å². The number of hydrogen-bond acceptors (Lipinski definition) is 7. The van der Waals surface area contributed by atoms with Crippen LogP contribution in [0.1, 0.15) is 30.4 Å². The molecular weight excluding hydrogens is 430 g/mol. The number of nitrogens with zero attached hydrogens (tertiary/aromatic N) is 4. The van der Waals surface area contributed by atoms with E-state index in [0.29, 0.717) is 37.7 Å². The van der Waals surface area contributed by atoms with Gasteiger partial charge in [0.05, 0.1) is 6.61 Å². The van der Waals surface area contributed by atoms with Crippen LogP contribution >= 0.6 is 0 Å². The lowest BCUT2D eigenvalue weighted by molar-refractivity contribution is -0.121. The average molecular weight is 464 g/mol. The standard InChI is InChI=1S/C26H33N5O3/c1-3-33-23-9-7-22(8-10-23)26-28-25(34-29-26)12-11-24(32)27-18-20-5-4-6-21(17-20)19-31-15-13-30(2)14-16-31/h4-10,17H,3,11-16,18-19H2,1-2H3,(H,27,32). The number of piperazine rings is 1. The first-order valence-electron chi connectivity index (χ1n) is 11.9. The van der Waals surface area contributed by atoms with Crippen LogP contribution in [-0.2, 0) is 24.3 Å². The van der Waals surface area contributed by atoms with Crippen LogP contribution in [0.25, 0.3) is 11.4 Å². The Hall–Kier alpha value is -3.23. The molecule has 1 amide bonds. The number of rotatable bonds is 10. The molecule has 1 aromatic heterocycles. The molecule has 4 rings (SSSR count). The van der Waals surface area contributed by atoms with E-state index in [0.717, 1.165) is 49.6 Å². The average Bonchev–Trinajstić information content (AvgIpc) is 3.33. The molecule has 0 unspecified atom stereocenters. The lowest BCUT2D eigenvalue weighted by atomic mass is 10.1. The molecular formula is C26H33N5O3. The second kappa shape index (κ2) is 11.8. The molecule has 0 aliphatic carbocycles. The largest absolute Gasteiger partial charge is 0.494 e. The summed E-state index contributed by atoms with van der Waals surface area (Å²) in [6.45, 7) is 8.42. The Morgan fingerprint density at radius 1 is 1.09 bits per heavy atom. The molecule has 0 bridgehead atoms. The smallest absolute Gasteiger partial charge is 0.227 e. The van der Waals surface area contributed by atoms with Gasteiger partial charge in [-0.05, 0) is 49.4 Å². The summed E-state index contributed by atoms with van der Waals surface area (Å²) in [5, 5.41) is 7.03. The summed E-state index contributed by atoms with van der Waals surface area (Å²) in [5.74, 6) is 1.73. The Kier molecular flexibility index (Phi) is 8.27. The normalized spacial score (nSPS) is 14.8. The topological polar surface area (TPSA) is 83.7 Å². The highest BCUT2D eigenvalue weighted by Gasteiger charge is 2.14. The van der Waals surface area contributed by atoms with Gasteiger partial charge in [-0.3, -0.25) is 9.69 Å². The number of carbonyl (C=O) groups is 1. The van der Waals surface area contributed by atoms with Crippen molar-refractivity contribution in [3.8, 4) is 17.1 Å². The third-order valence-electron chi connectivity index (χ3n) is 5.94. The maximum atomic E-state index is 12.4. The van der Waals surface area contributed by atoms with Crippen molar-refractivity contribution in [3.05, 3.63) is 65.5 Å². The van der Waals surface area contributed by atoms with Crippen LogP contribution < -0.4 is 10.1 Å². The summed E-state index contributed by atoms with van der Waals surface area (Å²) in [6, 6.07) is 16.0. The second-order valence-corrected chi connectivity index (χ2v) is 8.65. The minimum absolute atomic E-state index is 0.0368. The monoisotopic (exact) mass is 463 g/mol. The second-order valence-electron chi connectivity index (χ2n) is 8.65. The Balaban J connectivity index is 1.22. The highest BCUT2D eigenvalue weighted by atomic mass is 16.5. The van der Waals surface area contributed by atoms with Crippen LogP contribution in [0, 0.1) is 0 Å². The minimum Gasteiger partial charge on any atom is -0.494 e. The van der Waals surface area contributed by atoms with Gasteiger partial charge in [0.2, 0.25) is 17.6 Å². The third kappa shape index (κ3) is 6.88. The van der Waals surface area contributed by atoms with E-state index in [4.69, 9.17) is 9.26 Å². The molecule has 0 saturated carbocycles. The van der Waals surface area contributed by atoms with Gasteiger partial charge in [0.25, 0.3) is 0 Å². The summed E-state index contributed by atoms with van der Waals surface area (Å²) in [4.78, 5) is 21.6. The molecule has 2 aromatic carbocycles. The van der Waals surface area contributed by atoms with Crippen LogP contribution in [-0.4, -0.2) is 65.7 Å². The lowest BCUT2D eigenvalue weighted by Crippen LogP contribution is -2.43. The van der Waals surface area contributed by atoms with E-state index >= 15 is 0 Å². The first-order chi connectivity index (χ1) is 16.6. The van der Waals surface area contributed by atoms with Crippen LogP contribution in [0.3, 0.4) is 0 Å². The van der Waals surface area contributed by atoms with Gasteiger partial charge < -0.3 is 19.5 Å². The molecule has 8 nitrogen and oxygen atoms in total. The van der Waals surface area contributed by atoms with Gasteiger partial charge in [0.15, 0.2) is 0 Å². The third-order valence-corrected chi connectivity index (χ3v) is 5.94. The van der Waals surface area contributed by atoms with Crippen LogP contribution in [0.4, 0.5) is 0 Å². The highest BCUT2D eigenvalue weighted by Crippen LogP contribution is 2.20. The SMILES string of the molecule is CCOc1ccc(-c2noc(CCC(=O)NCc3cccc(CN4CCN(C)CC4)c3)n2)cc1. The van der Waals surface area contributed by atoms with E-state index in [9.17, 15) is 4.79 Å². The van der Waals surface area contributed by atoms with Crippen LogP contribution in [0.15, 0.2) is 53.1 Å². The van der Waals surface area contributed by atoms with E-state index in [1.165, 1.54) is 5.56 Å². The van der Waals surface area contributed by atoms with Crippen molar-refractivity contribution in [3.63, 3.8) is 0 Å². The molecule has 8 heteroatoms. The van der Waals surface area contributed by atoms with Crippen molar-refractivity contribution in [1.29, 1.82) is 0 Å². The Morgan fingerprint density at radius 3 is 2.62 bits per heavy atom. The number of aryl methyl sites for hydroxylation is 1. The van der Waals surface area contributed by atoms with E-state index in [-0.39, 0.29) is 5.91 Å². The van der Waals surface area contributed by atoms with Crippen molar-refractivity contribution >= 4 is 5.91 Å². The Morgan fingerprint density at radius 2 is 1.85 bits per heavy atom. The fourth-order valence-corrected chi connectivity index (χ4v) is 3.95. The number of likely N-dealkylation sites (N-methyl/N-ethyl adjacent to an activating group) is 1. The maximum Gasteiger partial charge on any atom is 0.227 e. The zero-order chi connectivity index (χ0) is 23.8. The maximum absolute atomic E-state index is 12.4. The molecule has 1 saturated heterocycles. The molecule has 3 aromatic rings. The molecule has 34 heavy (non-hydrogen) atoms. The quantitative estimate of drug-likeness (QED) is 0.495. The number of carbonyl (C=O) groups excluding carboxylic acids is 1. The molecule has 180 valence electrons. The van der Waals surface area contributed by atoms with Gasteiger partial charge in [-0.25, -0.2) is 0 Å². The van der Waals surface area contributed by atoms with E-state index in [1.54, 1.807) is 0 Å². The minimum atomic E-state index is -0.0368. The Labute approximate surface area is 200 Å². The number of ether oxygens (including phenoxy) is 1. The number of hydrogen-bond donors (Lipinski definition) is 1. The van der Waals surface area contributed by atoms with E-state index in [2.05, 4.69) is 56.6 Å². The molecule has 0 spiro atoms. The first-order valence-corrected chi connectivity index (χ1v) is 11.9. The fraction of sp³-hybridized carbons (Fsp3) is 0.423. The summed E-state index contributed by atoms with van der Waals surface area (Å²) in [6.07, 6.45) is 0.700. The molecule has 1 aliphatic rings. The summed E-state index contributed by atoms with van der Waals surface area (Å²) < 4.78 is 10.8. The molecule has 1 N–H and O–H groups in total. The van der Waals surface area contributed by atoms with Crippen molar-refractivity contribution < 1.29 is 14.1 Å². The predicted octanol–water partition coefficient (Wildman–Crippen LogP) is 3.13. The number of benzene rings is 2. The van der Waals surface area contributed by atoms with Gasteiger partial charge in [0, 0.05) is 57.7 Å². The zero-order valence-corrected chi connectivity index (χ0v) is 20.0. The van der Waals surface area contributed by atoms with Gasteiger partial charge in [-0.15, -0.1) is 0 Å². The van der Waals surface area contributed by atoms with Crippen LogP contribution in [0.5, 0.6) is 5.75 Å². The molecule has 1 fully saturated rings. The first kappa shape index (κ1) is 23.9. The van der Waals surface area contributed by atoms with Crippen molar-refractivity contribution in [2.75, 3.05) is 39.8 Å². The molecule has 0 radical (unpaired) electrons. The number of amides is 1. The molecule has 1 aliphatic heterocycles. The number of aromatic nitrogens is 2. The highest BCUT2D eigenvalue weighted by molar-refractivity contribution is 5.76. The van der Waals surface area contributed by atoms with Crippen LogP contribution in [0.2, 0.25) is 0 Å². The number of nitrogens with one attached hydrogen (secondary N) is 1. The summed E-state index contributed by atoms with van der Waals surface area (Å²) in [7, 11) is 2.17. The summed E-state index contributed by atoms with van der Waals surface area (Å²) >= 11 is 0. The lowest BCUT2D eigenvalue weighted by Gasteiger charge is -2.32. The Bertz CT molecular complexity index is 1060. The van der Waals surface area contributed by atoms with Gasteiger partial charge in [0.1, 0.15) is 5.75 Å². The van der Waals surface area contributed by atoms with E-state index in [1.807, 2.05) is 31.2 Å². The van der Waals surface area contributed by atoms with Gasteiger partial charge in [-0.2, -0.15) is 4.98 Å². The van der Waals surface area contributed by atoms with E-state index < -0.39 is 0 Å². The predicted molar refractivity (Wildman–Crippen MR) is 130 cm³/mol. The summed E-state index contributed by atoms with van der Waals surface area (Å²) in [5.41, 5.74) is 3.24. The van der Waals surface area contributed by atoms with Gasteiger partial charge in [-0.1, -0.05) is 29.4 Å². The molecule has 2 heterocycles. The van der Waals surface area contributed by atoms with Gasteiger partial charge >= 0.3 is 0 Å². The van der Waals surface area contributed by atoms with Crippen molar-refractivity contribution in [2.45, 2.75) is 32.9 Å².